The minimum absolute atomic E-state index is 0.0852. The first-order chi connectivity index (χ1) is 13.5. The summed E-state index contributed by atoms with van der Waals surface area (Å²) in [6.07, 6.45) is 4.01. The van der Waals surface area contributed by atoms with Gasteiger partial charge < -0.3 is 29.6 Å². The van der Waals surface area contributed by atoms with Crippen LogP contribution in [-0.2, 0) is 13.5 Å². The van der Waals surface area contributed by atoms with Crippen LogP contribution in [-0.4, -0.2) is 68.1 Å². The fourth-order valence-electron chi connectivity index (χ4n) is 3.42. The molecular formula is C17H19BN4O6. The van der Waals surface area contributed by atoms with E-state index in [1.54, 1.807) is 41.2 Å². The number of hydrogen-bond donors (Lipinski definition) is 3. The zero-order valence-electron chi connectivity index (χ0n) is 15.1. The molecule has 0 amide bonds. The number of carbonyl (C=O) groups is 1. The SMILES string of the molecule is Cn1cc(C(=NO)N2CC(Oc3ccc4c(c3C(=O)O)OB(O)CC4)C2)cn1. The topological polar surface area (TPSA) is 130 Å². The zero-order chi connectivity index (χ0) is 19.8. The summed E-state index contributed by atoms with van der Waals surface area (Å²) in [5.74, 6) is -0.449. The summed E-state index contributed by atoms with van der Waals surface area (Å²) in [7, 11) is 0.742. The number of rotatable bonds is 4. The number of fused-ring (bicyclic) bond motifs is 1. The largest absolute Gasteiger partial charge is 0.535 e. The standard InChI is InChI=1S/C17H19BN4O6/c1-21-7-11(6-19-21)16(20-26)22-8-12(9-22)27-13-3-2-10-4-5-18(25)28-15(10)14(13)17(23)24/h2-3,6-7,12,25-26H,4-5,8-9H2,1H3,(H,23,24). The molecule has 2 aliphatic rings. The number of aromatic nitrogens is 2. The number of nitrogens with zero attached hydrogens (tertiary/aromatic N) is 4. The van der Waals surface area contributed by atoms with Gasteiger partial charge >= 0.3 is 13.1 Å². The summed E-state index contributed by atoms with van der Waals surface area (Å²) < 4.78 is 12.8. The van der Waals surface area contributed by atoms with Crippen LogP contribution in [0.25, 0.3) is 0 Å². The maximum atomic E-state index is 11.8. The molecule has 1 fully saturated rings. The number of carboxylic acids is 1. The van der Waals surface area contributed by atoms with E-state index in [0.29, 0.717) is 37.2 Å². The zero-order valence-corrected chi connectivity index (χ0v) is 15.1. The molecule has 0 radical (unpaired) electrons. The number of aryl methyl sites for hydroxylation is 2. The lowest BCUT2D eigenvalue weighted by Gasteiger charge is -2.40. The normalized spacial score (nSPS) is 17.0. The van der Waals surface area contributed by atoms with E-state index in [1.165, 1.54) is 0 Å². The third-order valence-corrected chi connectivity index (χ3v) is 4.83. The summed E-state index contributed by atoms with van der Waals surface area (Å²) in [5, 5.41) is 36.1. The van der Waals surface area contributed by atoms with E-state index in [0.717, 1.165) is 5.56 Å². The van der Waals surface area contributed by atoms with Crippen LogP contribution in [0.15, 0.2) is 29.7 Å². The van der Waals surface area contributed by atoms with E-state index in [9.17, 15) is 20.1 Å². The molecule has 10 nitrogen and oxygen atoms in total. The van der Waals surface area contributed by atoms with Crippen molar-refractivity contribution in [2.24, 2.45) is 12.2 Å². The fourth-order valence-corrected chi connectivity index (χ4v) is 3.42. The Morgan fingerprint density at radius 1 is 1.43 bits per heavy atom. The molecule has 0 saturated carbocycles. The van der Waals surface area contributed by atoms with Gasteiger partial charge in [0.15, 0.2) is 5.84 Å². The van der Waals surface area contributed by atoms with Gasteiger partial charge in [-0.05, 0) is 24.4 Å². The summed E-state index contributed by atoms with van der Waals surface area (Å²) in [6.45, 7) is 0.849. The number of benzene rings is 1. The van der Waals surface area contributed by atoms with Crippen LogP contribution in [0, 0.1) is 0 Å². The molecule has 3 N–H and O–H groups in total. The molecule has 0 aliphatic carbocycles. The highest BCUT2D eigenvalue weighted by Gasteiger charge is 2.35. The van der Waals surface area contributed by atoms with E-state index in [4.69, 9.17) is 9.39 Å². The van der Waals surface area contributed by atoms with E-state index in [-0.39, 0.29) is 23.2 Å². The average molecular weight is 386 g/mol. The molecule has 0 spiro atoms. The number of amidine groups is 1. The highest BCUT2D eigenvalue weighted by Crippen LogP contribution is 2.37. The Bertz CT molecular complexity index is 940. The third kappa shape index (κ3) is 3.24. The molecule has 3 heterocycles. The summed E-state index contributed by atoms with van der Waals surface area (Å²) in [5.41, 5.74) is 1.32. The predicted molar refractivity (Wildman–Crippen MR) is 98.0 cm³/mol. The molecule has 0 atom stereocenters. The van der Waals surface area contributed by atoms with Crippen LogP contribution < -0.4 is 9.39 Å². The van der Waals surface area contributed by atoms with Crippen molar-refractivity contribution >= 4 is 18.9 Å². The maximum absolute atomic E-state index is 11.8. The van der Waals surface area contributed by atoms with Gasteiger partial charge in [0.2, 0.25) is 0 Å². The second-order valence-corrected chi connectivity index (χ2v) is 6.81. The number of likely N-dealkylation sites (tertiary alicyclic amines) is 1. The lowest BCUT2D eigenvalue weighted by atomic mass is 9.78. The summed E-state index contributed by atoms with van der Waals surface area (Å²) >= 11 is 0. The number of hydrogen-bond acceptors (Lipinski definition) is 7. The molecule has 146 valence electrons. The van der Waals surface area contributed by atoms with Crippen molar-refractivity contribution in [1.29, 1.82) is 0 Å². The Morgan fingerprint density at radius 2 is 2.21 bits per heavy atom. The van der Waals surface area contributed by atoms with Crippen molar-refractivity contribution in [3.8, 4) is 11.5 Å². The molecule has 11 heteroatoms. The molecule has 1 aromatic carbocycles. The minimum Gasteiger partial charge on any atom is -0.535 e. The Kier molecular flexibility index (Phi) is 4.59. The minimum atomic E-state index is -1.18. The molecule has 0 unspecified atom stereocenters. The smallest absolute Gasteiger partial charge is 0.522 e. The average Bonchev–Trinajstić information content (AvgIpc) is 3.05. The number of aromatic carboxylic acids is 1. The lowest BCUT2D eigenvalue weighted by Crippen LogP contribution is -2.56. The van der Waals surface area contributed by atoms with Gasteiger partial charge in [-0.25, -0.2) is 4.79 Å². The second-order valence-electron chi connectivity index (χ2n) is 6.81. The predicted octanol–water partition coefficient (Wildman–Crippen LogP) is 0.433. The second kappa shape index (κ2) is 7.08. The number of carboxylic acid groups (broad SMARTS) is 1. The van der Waals surface area contributed by atoms with Crippen molar-refractivity contribution in [3.63, 3.8) is 0 Å². The third-order valence-electron chi connectivity index (χ3n) is 4.83. The first-order valence-corrected chi connectivity index (χ1v) is 8.83. The molecule has 1 saturated heterocycles. The van der Waals surface area contributed by atoms with Crippen LogP contribution >= 0.6 is 0 Å². The molecule has 1 aromatic heterocycles. The Balaban J connectivity index is 1.49. The van der Waals surface area contributed by atoms with Gasteiger partial charge in [-0.15, -0.1) is 0 Å². The van der Waals surface area contributed by atoms with Crippen molar-refractivity contribution < 1.29 is 29.5 Å². The van der Waals surface area contributed by atoms with Crippen molar-refractivity contribution in [1.82, 2.24) is 14.7 Å². The number of oxime groups is 1. The Labute approximate surface area is 160 Å². The fraction of sp³-hybridized carbons (Fsp3) is 0.353. The van der Waals surface area contributed by atoms with Crippen LogP contribution in [0.2, 0.25) is 6.32 Å². The Morgan fingerprint density at radius 3 is 2.86 bits per heavy atom. The maximum Gasteiger partial charge on any atom is 0.522 e. The van der Waals surface area contributed by atoms with E-state index < -0.39 is 13.1 Å². The molecule has 2 aliphatic heterocycles. The molecule has 28 heavy (non-hydrogen) atoms. The van der Waals surface area contributed by atoms with Crippen molar-refractivity contribution in [2.45, 2.75) is 18.8 Å². The molecule has 0 bridgehead atoms. The first-order valence-electron chi connectivity index (χ1n) is 8.83. The quantitative estimate of drug-likeness (QED) is 0.227. The van der Waals surface area contributed by atoms with Gasteiger partial charge in [0.25, 0.3) is 0 Å². The first kappa shape index (κ1) is 18.2. The molecule has 2 aromatic rings. The summed E-state index contributed by atoms with van der Waals surface area (Å²) in [4.78, 5) is 13.6. The van der Waals surface area contributed by atoms with Crippen molar-refractivity contribution in [3.05, 3.63) is 41.2 Å². The van der Waals surface area contributed by atoms with Crippen LogP contribution in [0.3, 0.4) is 0 Å². The Hall–Kier alpha value is -3.21. The van der Waals surface area contributed by atoms with Crippen molar-refractivity contribution in [2.75, 3.05) is 13.1 Å². The lowest BCUT2D eigenvalue weighted by molar-refractivity contribution is 0.0588. The van der Waals surface area contributed by atoms with Gasteiger partial charge in [-0.3, -0.25) is 4.68 Å². The molecule has 4 rings (SSSR count). The van der Waals surface area contributed by atoms with Crippen LogP contribution in [0.5, 0.6) is 11.5 Å². The summed E-state index contributed by atoms with van der Waals surface area (Å²) in [6, 6.07) is 3.38. The van der Waals surface area contributed by atoms with E-state index in [1.807, 2.05) is 0 Å². The highest BCUT2D eigenvalue weighted by molar-refractivity contribution is 6.44. The monoisotopic (exact) mass is 386 g/mol. The van der Waals surface area contributed by atoms with Gasteiger partial charge in [0.1, 0.15) is 23.2 Å². The number of ether oxygens (including phenoxy) is 1. The van der Waals surface area contributed by atoms with Crippen LogP contribution in [0.1, 0.15) is 21.5 Å². The highest BCUT2D eigenvalue weighted by atomic mass is 16.5. The molecular weight excluding hydrogens is 367 g/mol. The van der Waals surface area contributed by atoms with E-state index in [2.05, 4.69) is 10.3 Å². The van der Waals surface area contributed by atoms with Gasteiger partial charge in [0.05, 0.1) is 24.8 Å². The van der Waals surface area contributed by atoms with Gasteiger partial charge in [0, 0.05) is 13.2 Å². The van der Waals surface area contributed by atoms with E-state index >= 15 is 0 Å². The van der Waals surface area contributed by atoms with Gasteiger partial charge in [-0.2, -0.15) is 5.10 Å². The van der Waals surface area contributed by atoms with Gasteiger partial charge in [-0.1, -0.05) is 11.2 Å². The van der Waals surface area contributed by atoms with Crippen LogP contribution in [0.4, 0.5) is 0 Å².